The van der Waals surface area contributed by atoms with Crippen molar-refractivity contribution in [3.8, 4) is 0 Å². The van der Waals surface area contributed by atoms with Crippen molar-refractivity contribution in [3.05, 3.63) is 105 Å². The van der Waals surface area contributed by atoms with Gasteiger partial charge in [-0.25, -0.2) is 4.79 Å². The number of nitrogens with zero attached hydrogens (tertiary/aromatic N) is 3. The molecule has 5 nitrogen and oxygen atoms in total. The predicted octanol–water partition coefficient (Wildman–Crippen LogP) is 4.91. The third-order valence-electron chi connectivity index (χ3n) is 6.59. The molecule has 0 unspecified atom stereocenters. The van der Waals surface area contributed by atoms with Gasteiger partial charge in [0.1, 0.15) is 0 Å². The number of likely N-dealkylation sites (tertiary alicyclic amines) is 1. The van der Waals surface area contributed by atoms with E-state index in [0.717, 1.165) is 40.3 Å². The Labute approximate surface area is 192 Å². The van der Waals surface area contributed by atoms with Crippen LogP contribution in [0.25, 0.3) is 5.57 Å². The van der Waals surface area contributed by atoms with Crippen molar-refractivity contribution in [1.29, 1.82) is 0 Å². The van der Waals surface area contributed by atoms with Gasteiger partial charge in [-0.05, 0) is 71.0 Å². The molecule has 1 aliphatic carbocycles. The summed E-state index contributed by atoms with van der Waals surface area (Å²) >= 11 is 6.30. The second-order valence-electron chi connectivity index (χ2n) is 8.55. The lowest BCUT2D eigenvalue weighted by atomic mass is 9.88. The van der Waals surface area contributed by atoms with Crippen molar-refractivity contribution in [2.24, 2.45) is 0 Å². The summed E-state index contributed by atoms with van der Waals surface area (Å²) in [5.74, 6) is -0.285. The normalized spacial score (nSPS) is 20.3. The first-order valence-corrected chi connectivity index (χ1v) is 11.4. The molecule has 1 aliphatic heterocycles. The van der Waals surface area contributed by atoms with Crippen LogP contribution in [0.2, 0.25) is 5.02 Å². The van der Waals surface area contributed by atoms with Crippen molar-refractivity contribution in [3.63, 3.8) is 0 Å². The molecule has 162 valence electrons. The van der Waals surface area contributed by atoms with Crippen molar-refractivity contribution in [2.75, 3.05) is 13.1 Å². The van der Waals surface area contributed by atoms with E-state index in [1.165, 1.54) is 16.7 Å². The molecule has 0 atom stereocenters. The number of benzene rings is 1. The Balaban J connectivity index is 1.48. The number of piperidine rings is 1. The molecule has 5 rings (SSSR count). The van der Waals surface area contributed by atoms with Crippen LogP contribution in [-0.2, 0) is 24.1 Å². The smallest absolute Gasteiger partial charge is 0.318 e. The highest BCUT2D eigenvalue weighted by atomic mass is 35.5. The molecule has 1 amide bonds. The first kappa shape index (κ1) is 21.0. The van der Waals surface area contributed by atoms with Crippen LogP contribution in [0.15, 0.2) is 66.6 Å². The van der Waals surface area contributed by atoms with E-state index < -0.39 is 4.65 Å². The van der Waals surface area contributed by atoms with Gasteiger partial charge in [-0.15, -0.1) is 0 Å². The number of halogens is 1. The van der Waals surface area contributed by atoms with E-state index in [1.807, 2.05) is 24.4 Å². The number of carbonyl (C=O) groups is 1. The van der Waals surface area contributed by atoms with Gasteiger partial charge in [-0.2, -0.15) is 0 Å². The maximum Gasteiger partial charge on any atom is 0.318 e. The van der Waals surface area contributed by atoms with E-state index in [0.29, 0.717) is 12.8 Å². The molecule has 1 aromatic carbocycles. The molecule has 2 aliphatic rings. The number of amides is 1. The van der Waals surface area contributed by atoms with Crippen molar-refractivity contribution in [2.45, 2.75) is 32.1 Å². The molecular weight excluding hydrogens is 422 g/mol. The molecule has 2 aromatic heterocycles. The zero-order valence-electron chi connectivity index (χ0n) is 17.8. The number of aryl methyl sites for hydroxylation is 2. The minimum atomic E-state index is -0.776. The van der Waals surface area contributed by atoms with Gasteiger partial charge in [0.25, 0.3) is 0 Å². The summed E-state index contributed by atoms with van der Waals surface area (Å²) < 4.78 is -0.776. The Bertz CT molecular complexity index is 1200. The van der Waals surface area contributed by atoms with Gasteiger partial charge in [0.15, 0.2) is 0 Å². The van der Waals surface area contributed by atoms with Crippen LogP contribution in [0.3, 0.4) is 0 Å². The molecule has 0 bridgehead atoms. The highest BCUT2D eigenvalue weighted by Crippen LogP contribution is 2.39. The van der Waals surface area contributed by atoms with Crippen molar-refractivity contribution < 1.29 is 9.44 Å². The standard InChI is InChI=1S/C26H24ClN3O2/c27-22-5-6-23-21(17-22)4-3-20-2-1-11-29-26(20)25(23)19-9-14-30(32,15-10-19)24(31)16-18-7-12-28-13-8-18/h1-2,5-8,11-13,17H,3-4,9-10,14-16H2. The number of carbonyl (C=O) groups excluding carboxylic acids is 1. The van der Waals surface area contributed by atoms with Gasteiger partial charge < -0.3 is 5.21 Å². The van der Waals surface area contributed by atoms with Crippen LogP contribution in [0, 0.1) is 5.21 Å². The second kappa shape index (κ2) is 8.58. The summed E-state index contributed by atoms with van der Waals surface area (Å²) in [5, 5.41) is 14.1. The second-order valence-corrected chi connectivity index (χ2v) is 8.99. The lowest BCUT2D eigenvalue weighted by Gasteiger charge is -2.43. The summed E-state index contributed by atoms with van der Waals surface area (Å²) in [4.78, 5) is 21.6. The van der Waals surface area contributed by atoms with Crippen LogP contribution in [0.5, 0.6) is 0 Å². The summed E-state index contributed by atoms with van der Waals surface area (Å²) in [6.07, 6.45) is 8.24. The number of hydrogen-bond donors (Lipinski definition) is 0. The maximum absolute atomic E-state index is 13.4. The van der Waals surface area contributed by atoms with Gasteiger partial charge in [0, 0.05) is 42.0 Å². The first-order chi connectivity index (χ1) is 15.5. The zero-order chi connectivity index (χ0) is 22.1. The Morgan fingerprint density at radius 1 is 0.969 bits per heavy atom. The number of hydroxylamine groups is 3. The monoisotopic (exact) mass is 445 g/mol. The summed E-state index contributed by atoms with van der Waals surface area (Å²) in [6.45, 7) is 0.516. The third-order valence-corrected chi connectivity index (χ3v) is 6.83. The van der Waals surface area contributed by atoms with Gasteiger partial charge in [0.2, 0.25) is 0 Å². The zero-order valence-corrected chi connectivity index (χ0v) is 18.5. The van der Waals surface area contributed by atoms with E-state index in [4.69, 9.17) is 16.6 Å². The average Bonchev–Trinajstić information content (AvgIpc) is 2.97. The predicted molar refractivity (Wildman–Crippen MR) is 125 cm³/mol. The van der Waals surface area contributed by atoms with Crippen molar-refractivity contribution in [1.82, 2.24) is 9.97 Å². The number of pyridine rings is 2. The highest BCUT2D eigenvalue weighted by molar-refractivity contribution is 6.30. The van der Waals surface area contributed by atoms with Crippen LogP contribution in [-0.4, -0.2) is 33.6 Å². The van der Waals surface area contributed by atoms with Crippen LogP contribution in [0.1, 0.15) is 40.8 Å². The lowest BCUT2D eigenvalue weighted by Crippen LogP contribution is -2.52. The van der Waals surface area contributed by atoms with Crippen LogP contribution >= 0.6 is 11.6 Å². The van der Waals surface area contributed by atoms with E-state index in [2.05, 4.69) is 17.1 Å². The minimum absolute atomic E-state index is 0.143. The SMILES string of the molecule is O=C(Cc1ccncc1)[N+]1([O-])CCC(=C2c3ccc(Cl)cc3CCc3cccnc32)CC1. The first-order valence-electron chi connectivity index (χ1n) is 11.0. The van der Waals surface area contributed by atoms with Gasteiger partial charge in [-0.3, -0.25) is 14.6 Å². The summed E-state index contributed by atoms with van der Waals surface area (Å²) in [5.41, 5.74) is 7.72. The van der Waals surface area contributed by atoms with E-state index in [9.17, 15) is 10.0 Å². The number of hydrogen-bond acceptors (Lipinski definition) is 4. The fourth-order valence-electron chi connectivity index (χ4n) is 4.82. The number of aromatic nitrogens is 2. The Morgan fingerprint density at radius 2 is 1.72 bits per heavy atom. The fraction of sp³-hybridized carbons (Fsp3) is 0.269. The fourth-order valence-corrected chi connectivity index (χ4v) is 5.01. The average molecular weight is 446 g/mol. The number of fused-ring (bicyclic) bond motifs is 2. The molecule has 3 heterocycles. The van der Waals surface area contributed by atoms with E-state index in [1.54, 1.807) is 24.5 Å². The van der Waals surface area contributed by atoms with E-state index >= 15 is 0 Å². The largest absolute Gasteiger partial charge is 0.625 e. The van der Waals surface area contributed by atoms with Gasteiger partial charge in [0.05, 0.1) is 25.2 Å². The summed E-state index contributed by atoms with van der Waals surface area (Å²) in [7, 11) is 0. The molecule has 32 heavy (non-hydrogen) atoms. The minimum Gasteiger partial charge on any atom is -0.625 e. The number of rotatable bonds is 2. The summed E-state index contributed by atoms with van der Waals surface area (Å²) in [6, 6.07) is 13.7. The Kier molecular flexibility index (Phi) is 5.64. The molecule has 0 N–H and O–H groups in total. The van der Waals surface area contributed by atoms with Crippen molar-refractivity contribution >= 4 is 23.1 Å². The molecule has 0 saturated carbocycles. The lowest BCUT2D eigenvalue weighted by molar-refractivity contribution is -0.807. The van der Waals surface area contributed by atoms with Crippen LogP contribution < -0.4 is 0 Å². The Hall–Kier alpha value is -2.86. The molecule has 3 aromatic rings. The van der Waals surface area contributed by atoms with Gasteiger partial charge in [-0.1, -0.05) is 23.7 Å². The molecular formula is C26H24ClN3O2. The quantitative estimate of drug-likeness (QED) is 0.415. The molecule has 0 radical (unpaired) electrons. The maximum atomic E-state index is 13.4. The van der Waals surface area contributed by atoms with Crippen LogP contribution in [0.4, 0.5) is 0 Å². The highest BCUT2D eigenvalue weighted by Gasteiger charge is 2.33. The molecule has 6 heteroatoms. The Morgan fingerprint density at radius 3 is 2.50 bits per heavy atom. The third kappa shape index (κ3) is 3.99. The topological polar surface area (TPSA) is 65.9 Å². The van der Waals surface area contributed by atoms with Gasteiger partial charge >= 0.3 is 5.91 Å². The van der Waals surface area contributed by atoms with E-state index in [-0.39, 0.29) is 25.4 Å². The molecule has 0 spiro atoms. The number of quaternary nitrogens is 1. The molecule has 1 fully saturated rings. The molecule has 1 saturated heterocycles.